The van der Waals surface area contributed by atoms with Gasteiger partial charge in [-0.15, -0.1) is 0 Å². The number of carbonyl (C=O) groups is 1. The normalized spacial score (nSPS) is 57.5. The molecule has 0 aromatic carbocycles. The SMILES string of the molecule is C[C@@H]1CC[C@]2(C(=O)O[C@@H]3O[C@H](CO)[C@@H](O)[C@H](O)[C@H]3O)CC[C@]3(C)C(=CC[C@@H]4[C@@]5(C)C[C@@H](O)[C@H](O)C(C)(CO)C5CC[C@]43C)[C@@H]2[C@]1(C)O. The van der Waals surface area contributed by atoms with E-state index in [-0.39, 0.29) is 35.2 Å². The van der Waals surface area contributed by atoms with Gasteiger partial charge in [0.25, 0.3) is 0 Å². The van der Waals surface area contributed by atoms with Crippen molar-refractivity contribution < 1.29 is 55.1 Å². The highest BCUT2D eigenvalue weighted by Gasteiger charge is 2.72. The molecular weight excluding hydrogens is 608 g/mol. The van der Waals surface area contributed by atoms with E-state index in [1.807, 2.05) is 20.8 Å². The fraction of sp³-hybridized carbons (Fsp3) is 0.917. The third-order valence-corrected chi connectivity index (χ3v) is 15.6. The minimum atomic E-state index is -1.72. The van der Waals surface area contributed by atoms with Gasteiger partial charge in [0.1, 0.15) is 24.4 Å². The number of allylic oxidation sites excluding steroid dienone is 1. The second-order valence-corrected chi connectivity index (χ2v) is 17.5. The van der Waals surface area contributed by atoms with E-state index in [0.717, 1.165) is 18.4 Å². The van der Waals surface area contributed by atoms with Crippen molar-refractivity contribution in [2.24, 2.45) is 50.7 Å². The molecule has 4 saturated carbocycles. The van der Waals surface area contributed by atoms with Gasteiger partial charge in [-0.1, -0.05) is 46.3 Å². The predicted molar refractivity (Wildman–Crippen MR) is 169 cm³/mol. The molecule has 5 aliphatic carbocycles. The van der Waals surface area contributed by atoms with Crippen molar-refractivity contribution in [2.45, 2.75) is 141 Å². The monoisotopic (exact) mass is 666 g/mol. The maximum atomic E-state index is 14.5. The van der Waals surface area contributed by atoms with E-state index in [1.165, 1.54) is 0 Å². The Labute approximate surface area is 278 Å². The van der Waals surface area contributed by atoms with Crippen LogP contribution in [0.15, 0.2) is 11.6 Å². The van der Waals surface area contributed by atoms with Crippen LogP contribution in [0.4, 0.5) is 0 Å². The molecule has 268 valence electrons. The van der Waals surface area contributed by atoms with Gasteiger partial charge in [-0.05, 0) is 92.3 Å². The fourth-order valence-electron chi connectivity index (χ4n) is 12.4. The maximum Gasteiger partial charge on any atom is 0.315 e. The summed E-state index contributed by atoms with van der Waals surface area (Å²) >= 11 is 0. The quantitative estimate of drug-likeness (QED) is 0.160. The third kappa shape index (κ3) is 4.60. The molecule has 47 heavy (non-hydrogen) atoms. The number of hydrogen-bond acceptors (Lipinski definition) is 11. The minimum Gasteiger partial charge on any atom is -0.432 e. The molecule has 11 nitrogen and oxygen atoms in total. The minimum absolute atomic E-state index is 0.00373. The molecule has 11 heteroatoms. The number of aliphatic hydroxyl groups is 8. The Bertz CT molecular complexity index is 1270. The van der Waals surface area contributed by atoms with Gasteiger partial charge in [-0.3, -0.25) is 4.79 Å². The van der Waals surface area contributed by atoms with Crippen molar-refractivity contribution in [2.75, 3.05) is 13.2 Å². The zero-order valence-corrected chi connectivity index (χ0v) is 28.8. The van der Waals surface area contributed by atoms with E-state index in [1.54, 1.807) is 0 Å². The highest BCUT2D eigenvalue weighted by atomic mass is 16.7. The van der Waals surface area contributed by atoms with Crippen LogP contribution < -0.4 is 0 Å². The Kier molecular flexibility index (Phi) is 8.68. The second kappa shape index (κ2) is 11.4. The van der Waals surface area contributed by atoms with E-state index in [2.05, 4.69) is 26.8 Å². The molecule has 8 N–H and O–H groups in total. The summed E-state index contributed by atoms with van der Waals surface area (Å²) < 4.78 is 11.4. The zero-order valence-electron chi connectivity index (χ0n) is 28.8. The van der Waals surface area contributed by atoms with E-state index in [9.17, 15) is 45.6 Å². The van der Waals surface area contributed by atoms with Crippen molar-refractivity contribution in [3.8, 4) is 0 Å². The number of esters is 1. The molecule has 0 spiro atoms. The van der Waals surface area contributed by atoms with Crippen LogP contribution in [0.25, 0.3) is 0 Å². The number of aliphatic hydroxyl groups excluding tert-OH is 7. The molecule has 1 aliphatic heterocycles. The van der Waals surface area contributed by atoms with Crippen molar-refractivity contribution >= 4 is 5.97 Å². The summed E-state index contributed by atoms with van der Waals surface area (Å²) in [6.07, 6.45) is -2.75. The Morgan fingerprint density at radius 3 is 2.23 bits per heavy atom. The first kappa shape index (κ1) is 35.7. The number of hydrogen-bond donors (Lipinski definition) is 8. The lowest BCUT2D eigenvalue weighted by Crippen LogP contribution is -2.69. The summed E-state index contributed by atoms with van der Waals surface area (Å²) in [5.74, 6) is -1.23. The predicted octanol–water partition coefficient (Wildman–Crippen LogP) is 1.41. The molecular formula is C36H58O11. The van der Waals surface area contributed by atoms with E-state index in [0.29, 0.717) is 38.5 Å². The molecule has 0 bridgehead atoms. The van der Waals surface area contributed by atoms with Crippen LogP contribution in [0, 0.1) is 50.7 Å². The van der Waals surface area contributed by atoms with Crippen LogP contribution in [-0.2, 0) is 14.3 Å². The summed E-state index contributed by atoms with van der Waals surface area (Å²) in [4.78, 5) is 14.5. The van der Waals surface area contributed by atoms with Gasteiger partial charge in [0.2, 0.25) is 6.29 Å². The third-order valence-electron chi connectivity index (χ3n) is 15.6. The van der Waals surface area contributed by atoms with E-state index >= 15 is 0 Å². The summed E-state index contributed by atoms with van der Waals surface area (Å²) in [7, 11) is 0. The summed E-state index contributed by atoms with van der Waals surface area (Å²) in [6, 6.07) is 0. The number of ether oxygens (including phenoxy) is 2. The van der Waals surface area contributed by atoms with Crippen molar-refractivity contribution in [1.82, 2.24) is 0 Å². The Morgan fingerprint density at radius 1 is 0.915 bits per heavy atom. The molecule has 2 unspecified atom stereocenters. The molecule has 0 amide bonds. The Morgan fingerprint density at radius 2 is 1.60 bits per heavy atom. The number of carbonyl (C=O) groups excluding carboxylic acids is 1. The molecule has 0 radical (unpaired) electrons. The lowest BCUT2D eigenvalue weighted by atomic mass is 9.33. The Balaban J connectivity index is 1.40. The average Bonchev–Trinajstić information content (AvgIpc) is 3.02. The second-order valence-electron chi connectivity index (χ2n) is 17.5. The number of rotatable bonds is 4. The summed E-state index contributed by atoms with van der Waals surface area (Å²) in [5.41, 5.74) is -3.27. The molecule has 6 aliphatic rings. The van der Waals surface area contributed by atoms with Crippen molar-refractivity contribution in [3.05, 3.63) is 11.6 Å². The lowest BCUT2D eigenvalue weighted by Gasteiger charge is -2.72. The number of fused-ring (bicyclic) bond motifs is 7. The largest absolute Gasteiger partial charge is 0.432 e. The van der Waals surface area contributed by atoms with Crippen molar-refractivity contribution in [1.29, 1.82) is 0 Å². The fourth-order valence-corrected chi connectivity index (χ4v) is 12.4. The summed E-state index contributed by atoms with van der Waals surface area (Å²) in [5, 5.41) is 86.2. The van der Waals surface area contributed by atoms with Gasteiger partial charge in [0.15, 0.2) is 0 Å². The summed E-state index contributed by atoms with van der Waals surface area (Å²) in [6.45, 7) is 11.6. The van der Waals surface area contributed by atoms with Crippen LogP contribution in [0.1, 0.15) is 92.9 Å². The topological polar surface area (TPSA) is 197 Å². The smallest absolute Gasteiger partial charge is 0.315 e. The van der Waals surface area contributed by atoms with Crippen LogP contribution in [0.3, 0.4) is 0 Å². The van der Waals surface area contributed by atoms with Crippen LogP contribution in [0.2, 0.25) is 0 Å². The molecule has 17 atom stereocenters. The van der Waals surface area contributed by atoms with Gasteiger partial charge in [0.05, 0.1) is 36.4 Å². The van der Waals surface area contributed by atoms with Gasteiger partial charge in [0, 0.05) is 11.3 Å². The Hall–Kier alpha value is -1.15. The highest BCUT2D eigenvalue weighted by molar-refractivity contribution is 5.79. The van der Waals surface area contributed by atoms with Crippen LogP contribution in [-0.4, -0.2) is 109 Å². The molecule has 0 aromatic rings. The van der Waals surface area contributed by atoms with E-state index in [4.69, 9.17) is 9.47 Å². The van der Waals surface area contributed by atoms with Gasteiger partial charge in [-0.2, -0.15) is 0 Å². The first-order chi connectivity index (χ1) is 21.8. The van der Waals surface area contributed by atoms with Crippen molar-refractivity contribution in [3.63, 3.8) is 0 Å². The first-order valence-electron chi connectivity index (χ1n) is 17.7. The van der Waals surface area contributed by atoms with Crippen LogP contribution in [0.5, 0.6) is 0 Å². The molecule has 1 heterocycles. The highest BCUT2D eigenvalue weighted by Crippen LogP contribution is 2.76. The molecule has 5 fully saturated rings. The molecule has 1 saturated heterocycles. The van der Waals surface area contributed by atoms with E-state index < -0.39 is 83.3 Å². The standard InChI is InChI=1S/C36H58O11/c1-18-9-12-36(30(44)47-29-26(42)25(41)24(40)21(16-37)46-29)14-13-33(4)19(27(36)35(18,6)45)7-8-23-31(2)15-20(39)28(43)32(3,17-38)22(31)10-11-34(23,33)5/h7,18,20-29,37-43,45H,8-17H2,1-6H3/t18-,20-,21-,22?,23-,24-,25+,26-,27-,28+,29+,31+,32?,33-,34-,35-,36+/m1/s1. The lowest BCUT2D eigenvalue weighted by molar-refractivity contribution is -0.299. The maximum absolute atomic E-state index is 14.5. The molecule has 0 aromatic heterocycles. The van der Waals surface area contributed by atoms with Gasteiger partial charge < -0.3 is 50.3 Å². The first-order valence-corrected chi connectivity index (χ1v) is 17.7. The van der Waals surface area contributed by atoms with Gasteiger partial charge >= 0.3 is 5.97 Å². The average molecular weight is 667 g/mol. The van der Waals surface area contributed by atoms with Crippen LogP contribution >= 0.6 is 0 Å². The zero-order chi connectivity index (χ0) is 34.7. The molecule has 6 rings (SSSR count). The van der Waals surface area contributed by atoms with Gasteiger partial charge in [-0.25, -0.2) is 0 Å².